The molecule has 234 valence electrons. The third-order valence-corrected chi connectivity index (χ3v) is 7.82. The van der Waals surface area contributed by atoms with Gasteiger partial charge in [0.1, 0.15) is 28.5 Å². The summed E-state index contributed by atoms with van der Waals surface area (Å²) in [6.07, 6.45) is 1.58. The quantitative estimate of drug-likeness (QED) is 0.227. The molecular weight excluding hydrogens is 579 g/mol. The molecule has 45 heavy (non-hydrogen) atoms. The molecule has 0 aliphatic carbocycles. The number of nitrogens with zero attached hydrogens (tertiary/aromatic N) is 6. The number of anilines is 2. The summed E-state index contributed by atoms with van der Waals surface area (Å²) in [5, 5.41) is 7.55. The summed E-state index contributed by atoms with van der Waals surface area (Å²) in [5.41, 5.74) is 2.57. The van der Waals surface area contributed by atoms with Crippen molar-refractivity contribution in [2.24, 2.45) is 0 Å². The minimum absolute atomic E-state index is 0.177. The molecule has 0 saturated carbocycles. The lowest BCUT2D eigenvalue weighted by atomic mass is 10.2. The van der Waals surface area contributed by atoms with E-state index in [0.717, 1.165) is 56.5 Å². The standard InChI is InChI=1S/C32H35FN8O4/c1-43-15-14-39-10-12-40(13-11-39)29-9-6-22(19-34-29)32(42)36-28-18-27(41(38-28)20-21-4-7-23(44-2)8-5-21)31-35-26-17-24(45-3)16-25(33)30(26)37-31/h4-9,16-19H,10-15,20H2,1-3H3,(H,35,37)(H,36,38,42). The van der Waals surface area contributed by atoms with Crippen molar-refractivity contribution < 1.29 is 23.4 Å². The van der Waals surface area contributed by atoms with E-state index in [-0.39, 0.29) is 11.4 Å². The van der Waals surface area contributed by atoms with E-state index in [1.807, 2.05) is 30.3 Å². The van der Waals surface area contributed by atoms with Crippen molar-refractivity contribution in [2.75, 3.05) is 70.9 Å². The van der Waals surface area contributed by atoms with Gasteiger partial charge in [0.15, 0.2) is 17.5 Å². The van der Waals surface area contributed by atoms with Crippen LogP contribution in [0.15, 0.2) is 60.8 Å². The number of hydrogen-bond acceptors (Lipinski definition) is 9. The van der Waals surface area contributed by atoms with Gasteiger partial charge in [-0.1, -0.05) is 12.1 Å². The molecule has 12 nitrogen and oxygen atoms in total. The fourth-order valence-corrected chi connectivity index (χ4v) is 5.30. The Morgan fingerprint density at radius 2 is 1.76 bits per heavy atom. The van der Waals surface area contributed by atoms with Crippen LogP contribution in [0.3, 0.4) is 0 Å². The number of piperazine rings is 1. The van der Waals surface area contributed by atoms with Crippen LogP contribution in [-0.4, -0.2) is 96.2 Å². The summed E-state index contributed by atoms with van der Waals surface area (Å²) in [6, 6.07) is 15.9. The van der Waals surface area contributed by atoms with E-state index in [9.17, 15) is 9.18 Å². The van der Waals surface area contributed by atoms with Crippen LogP contribution in [0.4, 0.5) is 16.0 Å². The maximum Gasteiger partial charge on any atom is 0.258 e. The number of fused-ring (bicyclic) bond motifs is 1. The molecule has 2 aromatic carbocycles. The van der Waals surface area contributed by atoms with Crippen molar-refractivity contribution in [3.05, 3.63) is 77.7 Å². The number of carbonyl (C=O) groups excluding carboxylic acids is 1. The van der Waals surface area contributed by atoms with Crippen LogP contribution in [0.5, 0.6) is 11.5 Å². The molecule has 0 radical (unpaired) electrons. The summed E-state index contributed by atoms with van der Waals surface area (Å²) in [4.78, 5) is 30.1. The summed E-state index contributed by atoms with van der Waals surface area (Å²) in [7, 11) is 4.80. The van der Waals surface area contributed by atoms with Gasteiger partial charge in [0, 0.05) is 64.2 Å². The number of carbonyl (C=O) groups is 1. The van der Waals surface area contributed by atoms with E-state index in [4.69, 9.17) is 14.2 Å². The van der Waals surface area contributed by atoms with Crippen molar-refractivity contribution in [3.8, 4) is 23.0 Å². The SMILES string of the molecule is COCCN1CCN(c2ccc(C(=O)Nc3cc(-c4nc5c(F)cc(OC)cc5[nH]4)n(Cc4ccc(OC)cc4)n3)cn2)CC1. The van der Waals surface area contributed by atoms with E-state index < -0.39 is 5.82 Å². The molecule has 0 atom stereocenters. The van der Waals surface area contributed by atoms with Crippen LogP contribution in [-0.2, 0) is 11.3 Å². The Labute approximate surface area is 259 Å². The zero-order valence-electron chi connectivity index (χ0n) is 25.4. The van der Waals surface area contributed by atoms with E-state index in [1.54, 1.807) is 43.3 Å². The maximum atomic E-state index is 14.8. The lowest BCUT2D eigenvalue weighted by Crippen LogP contribution is -2.47. The van der Waals surface area contributed by atoms with E-state index in [1.165, 1.54) is 13.2 Å². The van der Waals surface area contributed by atoms with Gasteiger partial charge in [0.05, 0.1) is 38.5 Å². The molecular formula is C32H35FN8O4. The maximum absolute atomic E-state index is 14.8. The van der Waals surface area contributed by atoms with Gasteiger partial charge >= 0.3 is 0 Å². The third kappa shape index (κ3) is 6.74. The smallest absolute Gasteiger partial charge is 0.258 e. The first-order chi connectivity index (χ1) is 21.9. The molecule has 1 fully saturated rings. The highest BCUT2D eigenvalue weighted by atomic mass is 19.1. The zero-order chi connectivity index (χ0) is 31.3. The minimum Gasteiger partial charge on any atom is -0.497 e. The molecule has 6 rings (SSSR count). The number of amides is 1. The topological polar surface area (TPSA) is 123 Å². The monoisotopic (exact) mass is 614 g/mol. The summed E-state index contributed by atoms with van der Waals surface area (Å²) in [5.74, 6) is 1.80. The molecule has 3 aromatic heterocycles. The summed E-state index contributed by atoms with van der Waals surface area (Å²) >= 11 is 0. The van der Waals surface area contributed by atoms with E-state index >= 15 is 0 Å². The first-order valence-electron chi connectivity index (χ1n) is 14.6. The Bertz CT molecular complexity index is 1760. The molecule has 1 aliphatic rings. The average molecular weight is 615 g/mol. The molecule has 13 heteroatoms. The molecule has 1 saturated heterocycles. The summed E-state index contributed by atoms with van der Waals surface area (Å²) in [6.45, 7) is 5.57. The fraction of sp³-hybridized carbons (Fsp3) is 0.312. The van der Waals surface area contributed by atoms with Crippen molar-refractivity contribution in [1.29, 1.82) is 0 Å². The zero-order valence-corrected chi connectivity index (χ0v) is 25.4. The van der Waals surface area contributed by atoms with Crippen LogP contribution >= 0.6 is 0 Å². The van der Waals surface area contributed by atoms with Gasteiger partial charge < -0.3 is 29.4 Å². The second-order valence-corrected chi connectivity index (χ2v) is 10.7. The van der Waals surface area contributed by atoms with E-state index in [2.05, 4.69) is 35.2 Å². The molecule has 2 N–H and O–H groups in total. The number of nitrogens with one attached hydrogen (secondary N) is 2. The third-order valence-electron chi connectivity index (χ3n) is 7.82. The molecule has 1 aliphatic heterocycles. The number of hydrogen-bond donors (Lipinski definition) is 2. The normalized spacial score (nSPS) is 13.7. The van der Waals surface area contributed by atoms with Crippen LogP contribution in [0.2, 0.25) is 0 Å². The highest BCUT2D eigenvalue weighted by Gasteiger charge is 2.20. The number of halogens is 1. The lowest BCUT2D eigenvalue weighted by molar-refractivity contribution is 0.102. The number of H-pyrrole nitrogens is 1. The van der Waals surface area contributed by atoms with Gasteiger partial charge in [0.25, 0.3) is 5.91 Å². The molecule has 5 aromatic rings. The van der Waals surface area contributed by atoms with Gasteiger partial charge in [0.2, 0.25) is 0 Å². The highest BCUT2D eigenvalue weighted by Crippen LogP contribution is 2.28. The number of imidazole rings is 1. The van der Waals surface area contributed by atoms with Gasteiger partial charge in [-0.3, -0.25) is 14.4 Å². The Morgan fingerprint density at radius 1 is 0.978 bits per heavy atom. The van der Waals surface area contributed by atoms with Crippen LogP contribution in [0.1, 0.15) is 15.9 Å². The van der Waals surface area contributed by atoms with Gasteiger partial charge in [-0.25, -0.2) is 14.4 Å². The molecule has 0 bridgehead atoms. The highest BCUT2D eigenvalue weighted by molar-refractivity contribution is 6.03. The fourth-order valence-electron chi connectivity index (χ4n) is 5.30. The summed E-state index contributed by atoms with van der Waals surface area (Å²) < 4.78 is 32.2. The van der Waals surface area contributed by atoms with E-state index in [0.29, 0.717) is 40.7 Å². The first-order valence-corrected chi connectivity index (χ1v) is 14.6. The van der Waals surface area contributed by atoms with Crippen LogP contribution in [0.25, 0.3) is 22.6 Å². The second-order valence-electron chi connectivity index (χ2n) is 10.7. The first kappa shape index (κ1) is 30.0. The van der Waals surface area contributed by atoms with Gasteiger partial charge in [-0.2, -0.15) is 5.10 Å². The van der Waals surface area contributed by atoms with Crippen LogP contribution in [0, 0.1) is 5.82 Å². The average Bonchev–Trinajstić information content (AvgIpc) is 3.68. The van der Waals surface area contributed by atoms with Gasteiger partial charge in [-0.05, 0) is 29.8 Å². The molecule has 1 amide bonds. The molecule has 0 unspecified atom stereocenters. The Morgan fingerprint density at radius 3 is 2.44 bits per heavy atom. The van der Waals surface area contributed by atoms with Crippen molar-refractivity contribution >= 4 is 28.6 Å². The lowest BCUT2D eigenvalue weighted by Gasteiger charge is -2.35. The van der Waals surface area contributed by atoms with Gasteiger partial charge in [-0.15, -0.1) is 0 Å². The Balaban J connectivity index is 1.22. The number of aromatic nitrogens is 5. The predicted molar refractivity (Wildman–Crippen MR) is 169 cm³/mol. The molecule has 0 spiro atoms. The van der Waals surface area contributed by atoms with Crippen molar-refractivity contribution in [3.63, 3.8) is 0 Å². The van der Waals surface area contributed by atoms with Crippen molar-refractivity contribution in [1.82, 2.24) is 29.6 Å². The van der Waals surface area contributed by atoms with Crippen molar-refractivity contribution in [2.45, 2.75) is 6.54 Å². The largest absolute Gasteiger partial charge is 0.497 e. The number of rotatable bonds is 11. The second kappa shape index (κ2) is 13.3. The Kier molecular flexibility index (Phi) is 8.89. The number of aromatic amines is 1. The Hall–Kier alpha value is -5.01. The number of benzene rings is 2. The number of methoxy groups -OCH3 is 3. The number of ether oxygens (including phenoxy) is 3. The van der Waals surface area contributed by atoms with Crippen LogP contribution < -0.4 is 19.7 Å². The number of pyridine rings is 1. The minimum atomic E-state index is -0.509. The predicted octanol–water partition coefficient (Wildman–Crippen LogP) is 4.05. The molecule has 4 heterocycles.